The summed E-state index contributed by atoms with van der Waals surface area (Å²) in [6.45, 7) is 3.56. The van der Waals surface area contributed by atoms with Gasteiger partial charge in [-0.3, -0.25) is 19.3 Å². The third-order valence-electron chi connectivity index (χ3n) is 3.81. The highest BCUT2D eigenvalue weighted by Gasteiger charge is 2.19. The van der Waals surface area contributed by atoms with E-state index >= 15 is 0 Å². The lowest BCUT2D eigenvalue weighted by Gasteiger charge is -2.07. The van der Waals surface area contributed by atoms with Crippen molar-refractivity contribution in [1.29, 1.82) is 0 Å². The van der Waals surface area contributed by atoms with Crippen LogP contribution >= 0.6 is 0 Å². The van der Waals surface area contributed by atoms with E-state index in [9.17, 15) is 9.59 Å². The predicted molar refractivity (Wildman–Crippen MR) is 90.5 cm³/mol. The molecule has 0 atom stereocenters. The maximum atomic E-state index is 12.7. The van der Waals surface area contributed by atoms with Gasteiger partial charge in [0.2, 0.25) is 0 Å². The SMILES string of the molecule is Cc1cnc(C(=O)Nc2c(C)n(C)n(-c3ccccc3)c2=O)cn1. The Kier molecular flexibility index (Phi) is 3.99. The molecule has 0 spiro atoms. The van der Waals surface area contributed by atoms with E-state index in [0.29, 0.717) is 11.4 Å². The van der Waals surface area contributed by atoms with Crippen molar-refractivity contribution in [1.82, 2.24) is 19.3 Å². The average molecular weight is 323 g/mol. The van der Waals surface area contributed by atoms with Gasteiger partial charge in [0.05, 0.1) is 23.3 Å². The summed E-state index contributed by atoms with van der Waals surface area (Å²) in [5.74, 6) is -0.464. The van der Waals surface area contributed by atoms with Crippen molar-refractivity contribution in [3.8, 4) is 5.69 Å². The van der Waals surface area contributed by atoms with Gasteiger partial charge in [0, 0.05) is 13.2 Å². The third kappa shape index (κ3) is 2.71. The van der Waals surface area contributed by atoms with Crippen LogP contribution < -0.4 is 10.9 Å². The Hall–Kier alpha value is -3.22. The van der Waals surface area contributed by atoms with Gasteiger partial charge in [0.15, 0.2) is 0 Å². The zero-order chi connectivity index (χ0) is 17.3. The van der Waals surface area contributed by atoms with Gasteiger partial charge >= 0.3 is 0 Å². The van der Waals surface area contributed by atoms with E-state index < -0.39 is 5.91 Å². The van der Waals surface area contributed by atoms with Gasteiger partial charge < -0.3 is 5.32 Å². The number of para-hydroxylation sites is 1. The molecule has 24 heavy (non-hydrogen) atoms. The number of hydrogen-bond donors (Lipinski definition) is 1. The number of hydrogen-bond acceptors (Lipinski definition) is 4. The molecule has 3 aromatic rings. The third-order valence-corrected chi connectivity index (χ3v) is 3.81. The first-order chi connectivity index (χ1) is 11.5. The highest BCUT2D eigenvalue weighted by Crippen LogP contribution is 2.14. The summed E-state index contributed by atoms with van der Waals surface area (Å²) in [7, 11) is 1.77. The lowest BCUT2D eigenvalue weighted by atomic mass is 10.3. The van der Waals surface area contributed by atoms with E-state index in [-0.39, 0.29) is 16.9 Å². The Morgan fingerprint density at radius 3 is 2.42 bits per heavy atom. The molecule has 0 saturated heterocycles. The van der Waals surface area contributed by atoms with Crippen molar-refractivity contribution in [3.05, 3.63) is 70.2 Å². The Morgan fingerprint density at radius 1 is 1.08 bits per heavy atom. The fourth-order valence-electron chi connectivity index (χ4n) is 2.40. The van der Waals surface area contributed by atoms with E-state index in [2.05, 4.69) is 15.3 Å². The first kappa shape index (κ1) is 15.7. The number of aryl methyl sites for hydroxylation is 1. The van der Waals surface area contributed by atoms with Crippen LogP contribution in [-0.2, 0) is 7.05 Å². The van der Waals surface area contributed by atoms with Crippen LogP contribution in [-0.4, -0.2) is 25.2 Å². The van der Waals surface area contributed by atoms with E-state index in [1.807, 2.05) is 30.3 Å². The number of rotatable bonds is 3. The number of amides is 1. The van der Waals surface area contributed by atoms with Gasteiger partial charge in [0.25, 0.3) is 11.5 Å². The Balaban J connectivity index is 1.99. The van der Waals surface area contributed by atoms with Crippen molar-refractivity contribution in [3.63, 3.8) is 0 Å². The van der Waals surface area contributed by atoms with Gasteiger partial charge in [-0.05, 0) is 26.0 Å². The number of carbonyl (C=O) groups is 1. The van der Waals surface area contributed by atoms with E-state index in [1.54, 1.807) is 25.6 Å². The summed E-state index contributed by atoms with van der Waals surface area (Å²) in [4.78, 5) is 33.1. The van der Waals surface area contributed by atoms with Crippen LogP contribution in [0.5, 0.6) is 0 Å². The number of benzene rings is 1. The molecule has 0 saturated carbocycles. The zero-order valence-corrected chi connectivity index (χ0v) is 13.6. The van der Waals surface area contributed by atoms with Gasteiger partial charge in [0.1, 0.15) is 11.4 Å². The molecular weight excluding hydrogens is 306 g/mol. The minimum absolute atomic E-state index is 0.162. The van der Waals surface area contributed by atoms with Crippen LogP contribution in [0.3, 0.4) is 0 Å². The molecule has 7 heteroatoms. The molecule has 122 valence electrons. The van der Waals surface area contributed by atoms with E-state index in [0.717, 1.165) is 5.69 Å². The Labute approximate surface area is 138 Å². The molecule has 0 radical (unpaired) electrons. The fourth-order valence-corrected chi connectivity index (χ4v) is 2.40. The van der Waals surface area contributed by atoms with E-state index in [4.69, 9.17) is 0 Å². The number of nitrogens with one attached hydrogen (secondary N) is 1. The standard InChI is InChI=1S/C17H17N5O2/c1-11-9-19-14(10-18-11)16(23)20-15-12(2)21(3)22(17(15)24)13-7-5-4-6-8-13/h4-10H,1-3H3,(H,20,23). The Bertz CT molecular complexity index is 940. The zero-order valence-electron chi connectivity index (χ0n) is 13.6. The molecule has 0 bridgehead atoms. The van der Waals surface area contributed by atoms with Crippen LogP contribution in [0, 0.1) is 13.8 Å². The molecule has 0 aliphatic heterocycles. The molecule has 1 aromatic carbocycles. The number of nitrogens with zero attached hydrogens (tertiary/aromatic N) is 4. The van der Waals surface area contributed by atoms with Gasteiger partial charge in [-0.2, -0.15) is 0 Å². The fraction of sp³-hybridized carbons (Fsp3) is 0.176. The number of carbonyl (C=O) groups excluding carboxylic acids is 1. The molecular formula is C17H17N5O2. The normalized spacial score (nSPS) is 10.6. The largest absolute Gasteiger partial charge is 0.314 e. The molecule has 0 fully saturated rings. The number of aromatic nitrogens is 4. The maximum absolute atomic E-state index is 12.7. The summed E-state index contributed by atoms with van der Waals surface area (Å²) in [5, 5.41) is 2.65. The van der Waals surface area contributed by atoms with Gasteiger partial charge in [-0.15, -0.1) is 0 Å². The topological polar surface area (TPSA) is 81.8 Å². The molecule has 2 heterocycles. The molecule has 0 unspecified atom stereocenters. The van der Waals surface area contributed by atoms with Crippen molar-refractivity contribution < 1.29 is 4.79 Å². The second-order valence-electron chi connectivity index (χ2n) is 5.43. The minimum atomic E-state index is -0.464. The molecule has 1 N–H and O–H groups in total. The molecule has 0 aliphatic carbocycles. The Morgan fingerprint density at radius 2 is 1.79 bits per heavy atom. The van der Waals surface area contributed by atoms with Crippen molar-refractivity contribution >= 4 is 11.6 Å². The van der Waals surface area contributed by atoms with E-state index in [1.165, 1.54) is 17.1 Å². The van der Waals surface area contributed by atoms with Crippen LogP contribution in [0.15, 0.2) is 47.5 Å². The lowest BCUT2D eigenvalue weighted by molar-refractivity contribution is 0.102. The maximum Gasteiger partial charge on any atom is 0.295 e. The van der Waals surface area contributed by atoms with Crippen molar-refractivity contribution in [2.75, 3.05) is 5.32 Å². The summed E-state index contributed by atoms with van der Waals surface area (Å²) < 4.78 is 3.21. The predicted octanol–water partition coefficient (Wildman–Crippen LogP) is 1.84. The quantitative estimate of drug-likeness (QED) is 0.797. The minimum Gasteiger partial charge on any atom is -0.314 e. The summed E-state index contributed by atoms with van der Waals surface area (Å²) in [5.41, 5.74) is 2.19. The van der Waals surface area contributed by atoms with Gasteiger partial charge in [-0.1, -0.05) is 18.2 Å². The van der Waals surface area contributed by atoms with Crippen LogP contribution in [0.25, 0.3) is 5.69 Å². The summed E-state index contributed by atoms with van der Waals surface area (Å²) in [6.07, 6.45) is 2.90. The smallest absolute Gasteiger partial charge is 0.295 e. The summed E-state index contributed by atoms with van der Waals surface area (Å²) >= 11 is 0. The van der Waals surface area contributed by atoms with Crippen LogP contribution in [0.2, 0.25) is 0 Å². The lowest BCUT2D eigenvalue weighted by Crippen LogP contribution is -2.23. The van der Waals surface area contributed by atoms with Crippen LogP contribution in [0.4, 0.5) is 5.69 Å². The number of anilines is 1. The molecule has 7 nitrogen and oxygen atoms in total. The molecule has 3 rings (SSSR count). The molecule has 1 amide bonds. The second kappa shape index (κ2) is 6.11. The highest BCUT2D eigenvalue weighted by atomic mass is 16.2. The molecule has 2 aromatic heterocycles. The average Bonchev–Trinajstić information content (AvgIpc) is 2.80. The molecule has 0 aliphatic rings. The highest BCUT2D eigenvalue weighted by molar-refractivity contribution is 6.02. The van der Waals surface area contributed by atoms with Crippen molar-refractivity contribution in [2.45, 2.75) is 13.8 Å². The monoisotopic (exact) mass is 323 g/mol. The first-order valence-corrected chi connectivity index (χ1v) is 7.43. The second-order valence-corrected chi connectivity index (χ2v) is 5.43. The van der Waals surface area contributed by atoms with Crippen LogP contribution in [0.1, 0.15) is 21.9 Å². The summed E-state index contributed by atoms with van der Waals surface area (Å²) in [6, 6.07) is 9.24. The van der Waals surface area contributed by atoms with Crippen molar-refractivity contribution in [2.24, 2.45) is 7.05 Å². The first-order valence-electron chi connectivity index (χ1n) is 7.43. The van der Waals surface area contributed by atoms with Gasteiger partial charge in [-0.25, -0.2) is 9.67 Å².